The highest BCUT2D eigenvalue weighted by atomic mass is 32.2. The molecule has 3 aliphatic heterocycles. The fourth-order valence-electron chi connectivity index (χ4n) is 4.79. The number of piperidine rings is 2. The van der Waals surface area contributed by atoms with Crippen molar-refractivity contribution in [3.8, 4) is 0 Å². The number of hydrogen-bond acceptors (Lipinski definition) is 5. The van der Waals surface area contributed by atoms with Crippen LogP contribution in [0.15, 0.2) is 35.2 Å². The minimum absolute atomic E-state index is 0.113. The number of benzene rings is 1. The first-order valence-electron chi connectivity index (χ1n) is 10.0. The van der Waals surface area contributed by atoms with E-state index in [2.05, 4.69) is 4.90 Å². The van der Waals surface area contributed by atoms with Crippen LogP contribution in [0.2, 0.25) is 0 Å². The van der Waals surface area contributed by atoms with Gasteiger partial charge in [0.25, 0.3) is 0 Å². The third kappa shape index (κ3) is 4.22. The average Bonchev–Trinajstić information content (AvgIpc) is 3.05. The first-order valence-corrected chi connectivity index (χ1v) is 11.5. The molecule has 1 aromatic rings. The largest absolute Gasteiger partial charge is 0.392 e. The van der Waals surface area contributed by atoms with Crippen LogP contribution < -0.4 is 0 Å². The van der Waals surface area contributed by atoms with Crippen molar-refractivity contribution in [2.45, 2.75) is 49.2 Å². The quantitative estimate of drug-likeness (QED) is 0.842. The summed E-state index contributed by atoms with van der Waals surface area (Å²) in [7, 11) is -3.39. The summed E-state index contributed by atoms with van der Waals surface area (Å²) in [6, 6.07) is 8.71. The number of nitrogens with zero attached hydrogens (tertiary/aromatic N) is 2. The average molecular weight is 395 g/mol. The van der Waals surface area contributed by atoms with E-state index in [1.54, 1.807) is 28.6 Å². The second kappa shape index (κ2) is 7.79. The van der Waals surface area contributed by atoms with Crippen LogP contribution in [-0.2, 0) is 14.8 Å². The number of hydrogen-bond donors (Lipinski definition) is 1. The van der Waals surface area contributed by atoms with Gasteiger partial charge in [0.15, 0.2) is 0 Å². The molecule has 2 atom stereocenters. The number of β-amino-alcohol motifs (C(OH)–C–C–N with tert-alkyl or cyclic N) is 1. The van der Waals surface area contributed by atoms with Gasteiger partial charge in [-0.2, -0.15) is 4.31 Å². The molecule has 3 saturated heterocycles. The Labute approximate surface area is 162 Å². The highest BCUT2D eigenvalue weighted by Gasteiger charge is 2.44. The van der Waals surface area contributed by atoms with Crippen molar-refractivity contribution < 1.29 is 18.3 Å². The molecule has 3 fully saturated rings. The number of sulfonamides is 1. The Balaban J connectivity index is 1.33. The third-order valence-electron chi connectivity index (χ3n) is 6.39. The SMILES string of the molecule is O=S(=O)(c1ccccc1)N1CCC2(CC1)CO[C@@H](CN1CCC[C@H](O)C1)C2. The van der Waals surface area contributed by atoms with Crippen molar-refractivity contribution >= 4 is 10.0 Å². The molecular formula is C20H30N2O4S. The van der Waals surface area contributed by atoms with Crippen LogP contribution in [0.25, 0.3) is 0 Å². The van der Waals surface area contributed by atoms with Gasteiger partial charge in [0.05, 0.1) is 23.7 Å². The van der Waals surface area contributed by atoms with Crippen molar-refractivity contribution in [1.29, 1.82) is 0 Å². The zero-order chi connectivity index (χ0) is 18.9. The van der Waals surface area contributed by atoms with E-state index in [0.717, 1.165) is 58.3 Å². The predicted octanol–water partition coefficient (Wildman–Crippen LogP) is 1.70. The predicted molar refractivity (Wildman–Crippen MR) is 103 cm³/mol. The van der Waals surface area contributed by atoms with E-state index >= 15 is 0 Å². The van der Waals surface area contributed by atoms with Crippen LogP contribution in [-0.4, -0.2) is 74.3 Å². The van der Waals surface area contributed by atoms with E-state index in [0.29, 0.717) is 18.0 Å². The minimum Gasteiger partial charge on any atom is -0.392 e. The van der Waals surface area contributed by atoms with Crippen LogP contribution in [0.4, 0.5) is 0 Å². The molecule has 0 aromatic heterocycles. The van der Waals surface area contributed by atoms with Crippen LogP contribution in [0.5, 0.6) is 0 Å². The highest BCUT2D eigenvalue weighted by molar-refractivity contribution is 7.89. The van der Waals surface area contributed by atoms with Crippen molar-refractivity contribution in [2.75, 3.05) is 39.3 Å². The molecule has 1 aromatic carbocycles. The summed E-state index contributed by atoms with van der Waals surface area (Å²) in [5.74, 6) is 0. The third-order valence-corrected chi connectivity index (χ3v) is 8.31. The molecule has 6 nitrogen and oxygen atoms in total. The standard InChI is InChI=1S/C20H30N2O4S/c23-17-5-4-10-21(14-17)15-18-13-20(16-26-18)8-11-22(12-9-20)27(24,25)19-6-2-1-3-7-19/h1-3,6-7,17-18,23H,4-5,8-16H2/t17-,18+/m0/s1. The molecular weight excluding hydrogens is 364 g/mol. The molecule has 0 radical (unpaired) electrons. The molecule has 3 heterocycles. The van der Waals surface area contributed by atoms with Crippen molar-refractivity contribution in [3.63, 3.8) is 0 Å². The van der Waals surface area contributed by atoms with Gasteiger partial charge in [-0.05, 0) is 56.2 Å². The first kappa shape index (κ1) is 19.3. The summed E-state index contributed by atoms with van der Waals surface area (Å²) >= 11 is 0. The van der Waals surface area contributed by atoms with Crippen LogP contribution in [0.3, 0.4) is 0 Å². The molecule has 0 unspecified atom stereocenters. The van der Waals surface area contributed by atoms with E-state index in [-0.39, 0.29) is 17.6 Å². The second-order valence-electron chi connectivity index (χ2n) is 8.41. The topological polar surface area (TPSA) is 70.1 Å². The van der Waals surface area contributed by atoms with Crippen LogP contribution >= 0.6 is 0 Å². The molecule has 7 heteroatoms. The van der Waals surface area contributed by atoms with E-state index in [9.17, 15) is 13.5 Å². The van der Waals surface area contributed by atoms with Crippen molar-refractivity contribution in [2.24, 2.45) is 5.41 Å². The van der Waals surface area contributed by atoms with E-state index in [1.165, 1.54) is 0 Å². The van der Waals surface area contributed by atoms with Crippen molar-refractivity contribution in [1.82, 2.24) is 9.21 Å². The molecule has 150 valence electrons. The lowest BCUT2D eigenvalue weighted by atomic mass is 9.77. The molecule has 1 N–H and O–H groups in total. The summed E-state index contributed by atoms with van der Waals surface area (Å²) in [6.07, 6.45) is 4.66. The van der Waals surface area contributed by atoms with Gasteiger partial charge in [-0.25, -0.2) is 8.42 Å². The molecule has 0 saturated carbocycles. The maximum Gasteiger partial charge on any atom is 0.243 e. The molecule has 0 bridgehead atoms. The van der Waals surface area contributed by atoms with E-state index in [4.69, 9.17) is 4.74 Å². The summed E-state index contributed by atoms with van der Waals surface area (Å²) in [4.78, 5) is 2.69. The van der Waals surface area contributed by atoms with E-state index < -0.39 is 10.0 Å². The maximum absolute atomic E-state index is 12.8. The van der Waals surface area contributed by atoms with E-state index in [1.807, 2.05) is 6.07 Å². The number of ether oxygens (including phenoxy) is 1. The molecule has 4 rings (SSSR count). The van der Waals surface area contributed by atoms with Gasteiger partial charge in [-0.1, -0.05) is 18.2 Å². The van der Waals surface area contributed by atoms with Crippen molar-refractivity contribution in [3.05, 3.63) is 30.3 Å². The molecule has 3 aliphatic rings. The highest BCUT2D eigenvalue weighted by Crippen LogP contribution is 2.43. The normalized spacial score (nSPS) is 30.0. The smallest absolute Gasteiger partial charge is 0.243 e. The Hall–Kier alpha value is -0.990. The Morgan fingerprint density at radius 2 is 1.89 bits per heavy atom. The monoisotopic (exact) mass is 394 g/mol. The fraction of sp³-hybridized carbons (Fsp3) is 0.700. The Kier molecular flexibility index (Phi) is 5.58. The minimum atomic E-state index is -3.39. The number of aliphatic hydroxyl groups is 1. The van der Waals surface area contributed by atoms with Gasteiger partial charge in [-0.3, -0.25) is 4.90 Å². The second-order valence-corrected chi connectivity index (χ2v) is 10.3. The van der Waals surface area contributed by atoms with Crippen LogP contribution in [0.1, 0.15) is 32.1 Å². The zero-order valence-corrected chi connectivity index (χ0v) is 16.6. The van der Waals surface area contributed by atoms with Gasteiger partial charge in [0.2, 0.25) is 10.0 Å². The van der Waals surface area contributed by atoms with Gasteiger partial charge in [-0.15, -0.1) is 0 Å². The Bertz CT molecular complexity index is 732. The van der Waals surface area contributed by atoms with Gasteiger partial charge < -0.3 is 9.84 Å². The summed E-state index contributed by atoms with van der Waals surface area (Å²) < 4.78 is 33.4. The summed E-state index contributed by atoms with van der Waals surface area (Å²) in [5, 5.41) is 9.85. The first-order chi connectivity index (χ1) is 13.0. The lowest BCUT2D eigenvalue weighted by Crippen LogP contribution is -2.44. The molecule has 0 aliphatic carbocycles. The van der Waals surface area contributed by atoms with Gasteiger partial charge in [0.1, 0.15) is 0 Å². The molecule has 27 heavy (non-hydrogen) atoms. The zero-order valence-electron chi connectivity index (χ0n) is 15.8. The van der Waals surface area contributed by atoms with Gasteiger partial charge in [0, 0.05) is 26.2 Å². The molecule has 1 spiro atoms. The fourth-order valence-corrected chi connectivity index (χ4v) is 6.25. The Morgan fingerprint density at radius 1 is 1.15 bits per heavy atom. The number of aliphatic hydroxyl groups excluding tert-OH is 1. The lowest BCUT2D eigenvalue weighted by molar-refractivity contribution is 0.0242. The number of likely N-dealkylation sites (tertiary alicyclic amines) is 1. The maximum atomic E-state index is 12.8. The summed E-state index contributed by atoms with van der Waals surface area (Å²) in [6.45, 7) is 4.52. The number of rotatable bonds is 4. The summed E-state index contributed by atoms with van der Waals surface area (Å²) in [5.41, 5.74) is 0.113. The van der Waals surface area contributed by atoms with Gasteiger partial charge >= 0.3 is 0 Å². The lowest BCUT2D eigenvalue weighted by Gasteiger charge is -2.38. The Morgan fingerprint density at radius 3 is 2.59 bits per heavy atom. The molecule has 0 amide bonds. The van der Waals surface area contributed by atoms with Crippen LogP contribution in [0, 0.1) is 5.41 Å².